The summed E-state index contributed by atoms with van der Waals surface area (Å²) in [4.78, 5) is 0. The summed E-state index contributed by atoms with van der Waals surface area (Å²) in [6.07, 6.45) is 3.88. The van der Waals surface area contributed by atoms with Crippen LogP contribution in [0.5, 0.6) is 0 Å². The Morgan fingerprint density at radius 3 is 2.35 bits per heavy atom. The number of aliphatic hydroxyl groups excluding tert-OH is 1. The molecule has 1 aliphatic rings. The van der Waals surface area contributed by atoms with Gasteiger partial charge in [-0.25, -0.2) is 13.1 Å². The Hall–Kier alpha value is -1.11. The molecule has 0 amide bonds. The lowest BCUT2D eigenvalue weighted by atomic mass is 9.88. The predicted octanol–water partition coefficient (Wildman–Crippen LogP) is 1.24. The van der Waals surface area contributed by atoms with Gasteiger partial charge < -0.3 is 10.8 Å². The summed E-state index contributed by atoms with van der Waals surface area (Å²) >= 11 is 0. The highest BCUT2D eigenvalue weighted by Gasteiger charge is 2.34. The van der Waals surface area contributed by atoms with Crippen molar-refractivity contribution in [1.29, 1.82) is 0 Å². The third kappa shape index (κ3) is 3.94. The number of hydrogen-bond donors (Lipinski definition) is 3. The number of nitrogens with two attached hydrogens (primary N) is 1. The largest absolute Gasteiger partial charge is 0.399 e. The number of rotatable bonds is 6. The number of benzene rings is 1. The van der Waals surface area contributed by atoms with Gasteiger partial charge in [0, 0.05) is 24.3 Å². The Kier molecular flexibility index (Phi) is 4.67. The number of sulfonamides is 1. The summed E-state index contributed by atoms with van der Waals surface area (Å²) in [6, 6.07) is 6.81. The van der Waals surface area contributed by atoms with Crippen LogP contribution in [0.2, 0.25) is 0 Å². The SMILES string of the molecule is Nc1ccc(CS(=O)(=O)NCC2(CO)CCCC2)cc1. The summed E-state index contributed by atoms with van der Waals surface area (Å²) in [5, 5.41) is 9.48. The van der Waals surface area contributed by atoms with E-state index in [1.165, 1.54) is 0 Å². The average molecular weight is 298 g/mol. The zero-order valence-corrected chi connectivity index (χ0v) is 12.3. The third-order valence-electron chi connectivity index (χ3n) is 4.00. The highest BCUT2D eigenvalue weighted by atomic mass is 32.2. The van der Waals surface area contributed by atoms with Crippen LogP contribution in [0.3, 0.4) is 0 Å². The van der Waals surface area contributed by atoms with Gasteiger partial charge in [0.2, 0.25) is 10.0 Å². The number of nitrogen functional groups attached to an aromatic ring is 1. The molecule has 0 bridgehead atoms. The minimum atomic E-state index is -3.39. The molecular weight excluding hydrogens is 276 g/mol. The van der Waals surface area contributed by atoms with Crippen molar-refractivity contribution in [1.82, 2.24) is 4.72 Å². The van der Waals surface area contributed by atoms with Crippen LogP contribution in [-0.2, 0) is 15.8 Å². The molecule has 4 N–H and O–H groups in total. The maximum atomic E-state index is 12.1. The lowest BCUT2D eigenvalue weighted by molar-refractivity contribution is 0.134. The second kappa shape index (κ2) is 6.11. The highest BCUT2D eigenvalue weighted by Crippen LogP contribution is 2.37. The first kappa shape index (κ1) is 15.3. The molecule has 0 aliphatic heterocycles. The first-order valence-electron chi connectivity index (χ1n) is 6.87. The molecule has 0 radical (unpaired) electrons. The van der Waals surface area contributed by atoms with Gasteiger partial charge in [-0.05, 0) is 30.5 Å². The molecule has 1 aliphatic carbocycles. The molecule has 2 rings (SSSR count). The summed E-state index contributed by atoms with van der Waals surface area (Å²) in [5.74, 6) is -0.0607. The van der Waals surface area contributed by atoms with Gasteiger partial charge in [-0.1, -0.05) is 25.0 Å². The van der Waals surface area contributed by atoms with E-state index in [0.717, 1.165) is 25.7 Å². The van der Waals surface area contributed by atoms with Gasteiger partial charge >= 0.3 is 0 Å². The lowest BCUT2D eigenvalue weighted by Crippen LogP contribution is -2.38. The fourth-order valence-corrected chi connectivity index (χ4v) is 3.92. The Balaban J connectivity index is 1.95. The molecular formula is C14H22N2O3S. The van der Waals surface area contributed by atoms with E-state index in [0.29, 0.717) is 17.8 Å². The highest BCUT2D eigenvalue weighted by molar-refractivity contribution is 7.88. The molecule has 0 saturated heterocycles. The molecule has 20 heavy (non-hydrogen) atoms. The fourth-order valence-electron chi connectivity index (χ4n) is 2.66. The molecule has 0 heterocycles. The van der Waals surface area contributed by atoms with E-state index in [-0.39, 0.29) is 17.8 Å². The maximum Gasteiger partial charge on any atom is 0.215 e. The van der Waals surface area contributed by atoms with Crippen LogP contribution in [0.4, 0.5) is 5.69 Å². The van der Waals surface area contributed by atoms with Gasteiger partial charge in [0.05, 0.1) is 5.75 Å². The lowest BCUT2D eigenvalue weighted by Gasteiger charge is -2.26. The average Bonchev–Trinajstić information content (AvgIpc) is 2.89. The third-order valence-corrected chi connectivity index (χ3v) is 5.30. The molecule has 5 nitrogen and oxygen atoms in total. The van der Waals surface area contributed by atoms with Crippen molar-refractivity contribution in [2.75, 3.05) is 18.9 Å². The zero-order chi connectivity index (χ0) is 14.6. The van der Waals surface area contributed by atoms with E-state index in [1.807, 2.05) is 0 Å². The Morgan fingerprint density at radius 1 is 1.20 bits per heavy atom. The second-order valence-corrected chi connectivity index (χ2v) is 7.49. The standard InChI is InChI=1S/C14H22N2O3S/c15-13-5-3-12(4-6-13)9-20(18,19)16-10-14(11-17)7-1-2-8-14/h3-6,16-17H,1-2,7-11,15H2. The Morgan fingerprint density at radius 2 is 1.80 bits per heavy atom. The van der Waals surface area contributed by atoms with E-state index >= 15 is 0 Å². The first-order chi connectivity index (χ1) is 9.45. The first-order valence-corrected chi connectivity index (χ1v) is 8.53. The molecule has 0 spiro atoms. The second-order valence-electron chi connectivity index (χ2n) is 5.69. The summed E-state index contributed by atoms with van der Waals surface area (Å²) in [5.41, 5.74) is 6.62. The van der Waals surface area contributed by atoms with E-state index in [1.54, 1.807) is 24.3 Å². The maximum absolute atomic E-state index is 12.1. The van der Waals surface area contributed by atoms with Crippen LogP contribution in [0.15, 0.2) is 24.3 Å². The monoisotopic (exact) mass is 298 g/mol. The molecule has 0 aromatic heterocycles. The Labute approximate surface area is 120 Å². The van der Waals surface area contributed by atoms with Crippen molar-refractivity contribution in [3.05, 3.63) is 29.8 Å². The van der Waals surface area contributed by atoms with Gasteiger partial charge in [0.1, 0.15) is 0 Å². The fraction of sp³-hybridized carbons (Fsp3) is 0.571. The molecule has 1 aromatic rings. The van der Waals surface area contributed by atoms with Crippen LogP contribution in [0.25, 0.3) is 0 Å². The molecule has 1 fully saturated rings. The van der Waals surface area contributed by atoms with Crippen LogP contribution in [0.1, 0.15) is 31.2 Å². The smallest absolute Gasteiger partial charge is 0.215 e. The number of hydrogen-bond acceptors (Lipinski definition) is 4. The molecule has 0 atom stereocenters. The zero-order valence-electron chi connectivity index (χ0n) is 11.5. The van der Waals surface area contributed by atoms with Crippen molar-refractivity contribution in [2.45, 2.75) is 31.4 Å². The quantitative estimate of drug-likeness (QED) is 0.689. The summed E-state index contributed by atoms with van der Waals surface area (Å²) < 4.78 is 26.8. The van der Waals surface area contributed by atoms with Crippen LogP contribution in [0, 0.1) is 5.41 Å². The number of nitrogens with one attached hydrogen (secondary N) is 1. The minimum Gasteiger partial charge on any atom is -0.399 e. The van der Waals surface area contributed by atoms with Crippen LogP contribution < -0.4 is 10.5 Å². The van der Waals surface area contributed by atoms with Crippen molar-refractivity contribution in [3.8, 4) is 0 Å². The summed E-state index contributed by atoms with van der Waals surface area (Å²) in [6.45, 7) is 0.359. The predicted molar refractivity (Wildman–Crippen MR) is 79.5 cm³/mol. The van der Waals surface area contributed by atoms with Gasteiger partial charge in [0.15, 0.2) is 0 Å². The van der Waals surface area contributed by atoms with Crippen molar-refractivity contribution >= 4 is 15.7 Å². The number of aliphatic hydroxyl groups is 1. The normalized spacial score (nSPS) is 18.2. The van der Waals surface area contributed by atoms with E-state index in [2.05, 4.69) is 4.72 Å². The van der Waals surface area contributed by atoms with E-state index < -0.39 is 10.0 Å². The number of anilines is 1. The van der Waals surface area contributed by atoms with Crippen LogP contribution >= 0.6 is 0 Å². The van der Waals surface area contributed by atoms with Crippen molar-refractivity contribution < 1.29 is 13.5 Å². The van der Waals surface area contributed by atoms with E-state index in [4.69, 9.17) is 5.73 Å². The Bertz CT molecular complexity index is 534. The summed E-state index contributed by atoms with van der Waals surface area (Å²) in [7, 11) is -3.39. The van der Waals surface area contributed by atoms with Gasteiger partial charge in [-0.15, -0.1) is 0 Å². The molecule has 0 unspecified atom stereocenters. The van der Waals surface area contributed by atoms with Crippen molar-refractivity contribution in [3.63, 3.8) is 0 Å². The van der Waals surface area contributed by atoms with Crippen molar-refractivity contribution in [2.24, 2.45) is 5.41 Å². The minimum absolute atomic E-state index is 0.0391. The van der Waals surface area contributed by atoms with Crippen LogP contribution in [-0.4, -0.2) is 26.7 Å². The van der Waals surface area contributed by atoms with E-state index in [9.17, 15) is 13.5 Å². The molecule has 112 valence electrons. The van der Waals surface area contributed by atoms with Gasteiger partial charge in [0.25, 0.3) is 0 Å². The topological polar surface area (TPSA) is 92.4 Å². The molecule has 6 heteroatoms. The van der Waals surface area contributed by atoms with Gasteiger partial charge in [-0.3, -0.25) is 0 Å². The molecule has 1 aromatic carbocycles. The molecule has 1 saturated carbocycles. The van der Waals surface area contributed by atoms with Gasteiger partial charge in [-0.2, -0.15) is 0 Å².